The number of aryl methyl sites for hydroxylation is 2. The van der Waals surface area contributed by atoms with E-state index >= 15 is 0 Å². The molecule has 17 heavy (non-hydrogen) atoms. The van der Waals surface area contributed by atoms with Crippen LogP contribution in [0.3, 0.4) is 0 Å². The molecule has 0 amide bonds. The number of benzene rings is 1. The summed E-state index contributed by atoms with van der Waals surface area (Å²) < 4.78 is 39.3. The van der Waals surface area contributed by atoms with Crippen molar-refractivity contribution in [3.63, 3.8) is 0 Å². The Hall–Kier alpha value is -1.85. The lowest BCUT2D eigenvalue weighted by atomic mass is 10.1. The largest absolute Gasteiger partial charge is 0.299 e. The van der Waals surface area contributed by atoms with Crippen molar-refractivity contribution in [2.24, 2.45) is 0 Å². The normalized spacial score (nSPS) is 11.2. The predicted octanol–water partition coefficient (Wildman–Crippen LogP) is 2.96. The molecule has 0 aliphatic heterocycles. The van der Waals surface area contributed by atoms with Gasteiger partial charge in [0.2, 0.25) is 5.82 Å². The maximum absolute atomic E-state index is 13.7. The minimum absolute atomic E-state index is 0.118. The summed E-state index contributed by atoms with van der Waals surface area (Å²) in [4.78, 5) is 3.42. The van der Waals surface area contributed by atoms with E-state index < -0.39 is 18.1 Å². The van der Waals surface area contributed by atoms with Gasteiger partial charge in [0.05, 0.1) is 0 Å². The number of hydrogen-bond donors (Lipinski definition) is 0. The van der Waals surface area contributed by atoms with E-state index in [4.69, 9.17) is 0 Å². The molecule has 0 atom stereocenters. The molecule has 0 aliphatic rings. The van der Waals surface area contributed by atoms with Gasteiger partial charge in [-0.05, 0) is 37.1 Å². The number of hydrogen-bond acceptors (Lipinski definition) is 2. The van der Waals surface area contributed by atoms with Gasteiger partial charge in [-0.1, -0.05) is 0 Å². The number of alkyl halides is 2. The Labute approximate surface area is 95.9 Å². The van der Waals surface area contributed by atoms with Crippen molar-refractivity contribution in [3.05, 3.63) is 41.2 Å². The van der Waals surface area contributed by atoms with Crippen molar-refractivity contribution < 1.29 is 13.2 Å². The van der Waals surface area contributed by atoms with E-state index in [0.717, 1.165) is 22.1 Å². The van der Waals surface area contributed by atoms with E-state index in [-0.39, 0.29) is 5.69 Å². The first-order valence-corrected chi connectivity index (χ1v) is 4.96. The highest BCUT2D eigenvalue weighted by molar-refractivity contribution is 5.40. The van der Waals surface area contributed by atoms with Crippen LogP contribution in [0.1, 0.15) is 23.4 Å². The van der Waals surface area contributed by atoms with Gasteiger partial charge in [-0.3, -0.25) is 0 Å². The van der Waals surface area contributed by atoms with Crippen LogP contribution >= 0.6 is 0 Å². The molecule has 0 radical (unpaired) electrons. The van der Waals surface area contributed by atoms with Gasteiger partial charge < -0.3 is 0 Å². The van der Waals surface area contributed by atoms with Crippen molar-refractivity contribution in [1.29, 1.82) is 0 Å². The second-order valence-corrected chi connectivity index (χ2v) is 3.74. The summed E-state index contributed by atoms with van der Waals surface area (Å²) in [5.41, 5.74) is 1.77. The molecule has 1 aromatic heterocycles. The molecule has 2 aromatic rings. The molecule has 1 heterocycles. The fraction of sp³-hybridized carbons (Fsp3) is 0.273. The number of halogens is 3. The minimum atomic E-state index is -2.76. The zero-order valence-electron chi connectivity index (χ0n) is 9.28. The average Bonchev–Trinajstić information content (AvgIpc) is 2.72. The highest BCUT2D eigenvalue weighted by Crippen LogP contribution is 2.19. The highest BCUT2D eigenvalue weighted by atomic mass is 19.3. The summed E-state index contributed by atoms with van der Waals surface area (Å²) in [7, 11) is 0. The first kappa shape index (κ1) is 11.6. The van der Waals surface area contributed by atoms with Gasteiger partial charge in [0.15, 0.2) is 0 Å². The molecule has 0 N–H and O–H groups in total. The third kappa shape index (κ3) is 2.15. The summed E-state index contributed by atoms with van der Waals surface area (Å²) in [5.74, 6) is -1.12. The van der Waals surface area contributed by atoms with Crippen LogP contribution in [0.5, 0.6) is 0 Å². The number of nitrogens with zero attached hydrogens (tertiary/aromatic N) is 3. The molecule has 0 aliphatic carbocycles. The third-order valence-electron chi connectivity index (χ3n) is 2.51. The Bertz CT molecular complexity index is 549. The quantitative estimate of drug-likeness (QED) is 0.809. The van der Waals surface area contributed by atoms with E-state index in [1.807, 2.05) is 6.92 Å². The molecular formula is C11H10F3N3. The fourth-order valence-corrected chi connectivity index (χ4v) is 1.43. The summed E-state index contributed by atoms with van der Waals surface area (Å²) in [5, 5.41) is 3.53. The van der Waals surface area contributed by atoms with Crippen LogP contribution in [-0.2, 0) is 0 Å². The molecule has 0 saturated heterocycles. The van der Waals surface area contributed by atoms with Gasteiger partial charge >= 0.3 is 0 Å². The van der Waals surface area contributed by atoms with Crippen molar-refractivity contribution in [1.82, 2.24) is 14.8 Å². The number of aromatic nitrogens is 3. The lowest BCUT2D eigenvalue weighted by Crippen LogP contribution is -2.01. The number of rotatable bonds is 2. The molecule has 90 valence electrons. The molecule has 0 unspecified atom stereocenters. The molecule has 3 nitrogen and oxygen atoms in total. The molecule has 1 aromatic carbocycles. The van der Waals surface area contributed by atoms with E-state index in [9.17, 15) is 13.2 Å². The average molecular weight is 241 g/mol. The van der Waals surface area contributed by atoms with Crippen LogP contribution in [0, 0.1) is 19.7 Å². The third-order valence-corrected chi connectivity index (χ3v) is 2.51. The molecule has 0 fully saturated rings. The molecular weight excluding hydrogens is 231 g/mol. The van der Waals surface area contributed by atoms with Gasteiger partial charge in [0.25, 0.3) is 6.43 Å². The maximum Gasteiger partial charge on any atom is 0.299 e. The summed E-state index contributed by atoms with van der Waals surface area (Å²) in [6, 6.07) is 2.89. The topological polar surface area (TPSA) is 30.7 Å². The Balaban J connectivity index is 2.49. The molecule has 0 spiro atoms. The van der Waals surface area contributed by atoms with Crippen LogP contribution in [-0.4, -0.2) is 14.8 Å². The minimum Gasteiger partial charge on any atom is -0.218 e. The van der Waals surface area contributed by atoms with E-state index in [2.05, 4.69) is 10.1 Å². The van der Waals surface area contributed by atoms with Crippen LogP contribution in [0.2, 0.25) is 0 Å². The summed E-state index contributed by atoms with van der Waals surface area (Å²) in [6.45, 7) is 3.58. The van der Waals surface area contributed by atoms with E-state index in [0.29, 0.717) is 0 Å². The van der Waals surface area contributed by atoms with Crippen LogP contribution in [0.4, 0.5) is 13.2 Å². The van der Waals surface area contributed by atoms with E-state index in [1.54, 1.807) is 13.0 Å². The van der Waals surface area contributed by atoms with Crippen LogP contribution < -0.4 is 0 Å². The molecule has 0 saturated carbocycles. The Kier molecular flexibility index (Phi) is 2.87. The van der Waals surface area contributed by atoms with Gasteiger partial charge in [0, 0.05) is 0 Å². The fourth-order valence-electron chi connectivity index (χ4n) is 1.43. The standard InChI is InChI=1S/C11H10F3N3/c1-6-3-8(12)9(4-7(6)2)17-5-15-11(16-17)10(13)14/h3-5,10H,1-2H3. The van der Waals surface area contributed by atoms with Gasteiger partial charge in [-0.2, -0.15) is 0 Å². The Morgan fingerprint density at radius 3 is 2.41 bits per heavy atom. The lowest BCUT2D eigenvalue weighted by molar-refractivity contribution is 0.140. The summed E-state index contributed by atoms with van der Waals surface area (Å²) in [6.07, 6.45) is -1.68. The second-order valence-electron chi connectivity index (χ2n) is 3.74. The molecule has 2 rings (SSSR count). The zero-order chi connectivity index (χ0) is 12.6. The monoisotopic (exact) mass is 241 g/mol. The van der Waals surface area contributed by atoms with Crippen molar-refractivity contribution in [2.75, 3.05) is 0 Å². The lowest BCUT2D eigenvalue weighted by Gasteiger charge is -2.06. The van der Waals surface area contributed by atoms with Crippen molar-refractivity contribution in [2.45, 2.75) is 20.3 Å². The highest BCUT2D eigenvalue weighted by Gasteiger charge is 2.15. The second kappa shape index (κ2) is 4.20. The van der Waals surface area contributed by atoms with Gasteiger partial charge in [-0.15, -0.1) is 5.10 Å². The van der Waals surface area contributed by atoms with Crippen LogP contribution in [0.25, 0.3) is 5.69 Å². The Morgan fingerprint density at radius 2 is 1.82 bits per heavy atom. The SMILES string of the molecule is Cc1cc(F)c(-n2cnc(C(F)F)n2)cc1C. The smallest absolute Gasteiger partial charge is 0.218 e. The molecule has 0 bridgehead atoms. The summed E-state index contributed by atoms with van der Waals surface area (Å²) >= 11 is 0. The van der Waals surface area contributed by atoms with Crippen molar-refractivity contribution >= 4 is 0 Å². The van der Waals surface area contributed by atoms with Gasteiger partial charge in [-0.25, -0.2) is 22.8 Å². The van der Waals surface area contributed by atoms with E-state index in [1.165, 1.54) is 6.07 Å². The van der Waals surface area contributed by atoms with Gasteiger partial charge in [0.1, 0.15) is 17.8 Å². The first-order chi connectivity index (χ1) is 7.99. The first-order valence-electron chi connectivity index (χ1n) is 4.96. The predicted molar refractivity (Wildman–Crippen MR) is 55.7 cm³/mol. The zero-order valence-corrected chi connectivity index (χ0v) is 9.28. The maximum atomic E-state index is 13.7. The molecule has 6 heteroatoms. The van der Waals surface area contributed by atoms with Crippen molar-refractivity contribution in [3.8, 4) is 5.69 Å². The van der Waals surface area contributed by atoms with Crippen LogP contribution in [0.15, 0.2) is 18.5 Å². The Morgan fingerprint density at radius 1 is 1.18 bits per heavy atom.